The van der Waals surface area contributed by atoms with Crippen LogP contribution in [0.3, 0.4) is 0 Å². The zero-order valence-corrected chi connectivity index (χ0v) is 12.4. The van der Waals surface area contributed by atoms with E-state index in [2.05, 4.69) is 31.0 Å². The van der Waals surface area contributed by atoms with Crippen LogP contribution in [0.15, 0.2) is 0 Å². The maximum absolute atomic E-state index is 6.05. The Morgan fingerprint density at radius 1 is 1.33 bits per heavy atom. The molecule has 2 aliphatic rings. The molecule has 3 N–H and O–H groups in total. The lowest BCUT2D eigenvalue weighted by Gasteiger charge is -2.42. The summed E-state index contributed by atoms with van der Waals surface area (Å²) >= 11 is 0. The molecule has 2 unspecified atom stereocenters. The predicted molar refractivity (Wildman–Crippen MR) is 77.6 cm³/mol. The number of likely N-dealkylation sites (tertiary alicyclic amines) is 1. The maximum Gasteiger partial charge on any atom is 0.0328 e. The van der Waals surface area contributed by atoms with E-state index in [1.165, 1.54) is 45.4 Å². The number of hydrogen-bond donors (Lipinski definition) is 2. The predicted octanol–water partition coefficient (Wildman–Crippen LogP) is 1.68. The summed E-state index contributed by atoms with van der Waals surface area (Å²) in [4.78, 5) is 2.60. The van der Waals surface area contributed by atoms with Crippen LogP contribution >= 0.6 is 0 Å². The Hall–Kier alpha value is -0.120. The number of nitrogens with zero attached hydrogens (tertiary/aromatic N) is 1. The van der Waals surface area contributed by atoms with Crippen molar-refractivity contribution in [2.75, 3.05) is 32.7 Å². The van der Waals surface area contributed by atoms with Gasteiger partial charge in [0.1, 0.15) is 0 Å². The first-order valence-electron chi connectivity index (χ1n) is 7.72. The molecule has 2 fully saturated rings. The fourth-order valence-electron chi connectivity index (χ4n) is 3.16. The number of nitrogens with two attached hydrogens (primary N) is 1. The van der Waals surface area contributed by atoms with E-state index in [1.807, 2.05) is 0 Å². The van der Waals surface area contributed by atoms with Crippen molar-refractivity contribution < 1.29 is 0 Å². The van der Waals surface area contributed by atoms with Crippen molar-refractivity contribution in [2.24, 2.45) is 23.5 Å². The molecule has 0 aromatic heterocycles. The third kappa shape index (κ3) is 3.69. The smallest absolute Gasteiger partial charge is 0.0328 e. The molecule has 0 aromatic carbocycles. The first-order chi connectivity index (χ1) is 8.54. The molecule has 3 nitrogen and oxygen atoms in total. The van der Waals surface area contributed by atoms with Gasteiger partial charge in [-0.15, -0.1) is 0 Å². The minimum atomic E-state index is 0.232. The average molecular weight is 253 g/mol. The van der Waals surface area contributed by atoms with Crippen LogP contribution < -0.4 is 11.1 Å². The lowest BCUT2D eigenvalue weighted by atomic mass is 9.87. The quantitative estimate of drug-likeness (QED) is 0.757. The van der Waals surface area contributed by atoms with Gasteiger partial charge in [-0.1, -0.05) is 20.8 Å². The van der Waals surface area contributed by atoms with Gasteiger partial charge in [-0.3, -0.25) is 0 Å². The molecule has 0 aromatic rings. The minimum absolute atomic E-state index is 0.232. The second kappa shape index (κ2) is 5.89. The van der Waals surface area contributed by atoms with E-state index in [4.69, 9.17) is 5.73 Å². The summed E-state index contributed by atoms with van der Waals surface area (Å²) in [5.41, 5.74) is 6.28. The average Bonchev–Trinajstić information content (AvgIpc) is 3.04. The van der Waals surface area contributed by atoms with Gasteiger partial charge in [0.2, 0.25) is 0 Å². The molecule has 18 heavy (non-hydrogen) atoms. The monoisotopic (exact) mass is 253 g/mol. The van der Waals surface area contributed by atoms with E-state index >= 15 is 0 Å². The van der Waals surface area contributed by atoms with E-state index in [0.717, 1.165) is 24.3 Å². The van der Waals surface area contributed by atoms with Gasteiger partial charge in [-0.05, 0) is 56.7 Å². The first kappa shape index (κ1) is 14.3. The summed E-state index contributed by atoms with van der Waals surface area (Å²) in [6.45, 7) is 12.6. The first-order valence-corrected chi connectivity index (χ1v) is 7.72. The zero-order valence-electron chi connectivity index (χ0n) is 12.4. The lowest BCUT2D eigenvalue weighted by Crippen LogP contribution is -2.58. The Balaban J connectivity index is 1.76. The van der Waals surface area contributed by atoms with Crippen LogP contribution in [0.5, 0.6) is 0 Å². The van der Waals surface area contributed by atoms with Crippen molar-refractivity contribution in [3.05, 3.63) is 0 Å². The Kier molecular flexibility index (Phi) is 4.68. The normalized spacial score (nSPS) is 31.8. The molecule has 2 rings (SSSR count). The Labute approximate surface area is 112 Å². The van der Waals surface area contributed by atoms with Crippen molar-refractivity contribution >= 4 is 0 Å². The summed E-state index contributed by atoms with van der Waals surface area (Å²) < 4.78 is 0. The second-order valence-electron chi connectivity index (χ2n) is 7.03. The van der Waals surface area contributed by atoms with Gasteiger partial charge in [-0.25, -0.2) is 0 Å². The molecular weight excluding hydrogens is 222 g/mol. The molecule has 1 aliphatic carbocycles. The molecule has 0 bridgehead atoms. The Morgan fingerprint density at radius 3 is 2.39 bits per heavy atom. The molecule has 1 heterocycles. The molecule has 3 heteroatoms. The van der Waals surface area contributed by atoms with Gasteiger partial charge in [0, 0.05) is 18.6 Å². The highest BCUT2D eigenvalue weighted by molar-refractivity contribution is 4.96. The van der Waals surface area contributed by atoms with Crippen LogP contribution in [-0.4, -0.2) is 43.2 Å². The number of rotatable bonds is 6. The molecule has 0 amide bonds. The highest BCUT2D eigenvalue weighted by Gasteiger charge is 2.37. The van der Waals surface area contributed by atoms with Crippen molar-refractivity contribution in [1.82, 2.24) is 10.2 Å². The molecule has 2 atom stereocenters. The SMILES string of the molecule is CC(C)CN1CCC(CN)(NCC2CC2C)CC1. The van der Waals surface area contributed by atoms with Crippen LogP contribution in [0.1, 0.15) is 40.0 Å². The van der Waals surface area contributed by atoms with Gasteiger partial charge >= 0.3 is 0 Å². The topological polar surface area (TPSA) is 41.3 Å². The fraction of sp³-hybridized carbons (Fsp3) is 1.00. The van der Waals surface area contributed by atoms with Crippen molar-refractivity contribution in [3.8, 4) is 0 Å². The van der Waals surface area contributed by atoms with Crippen LogP contribution in [-0.2, 0) is 0 Å². The van der Waals surface area contributed by atoms with Crippen LogP contribution in [0, 0.1) is 17.8 Å². The lowest BCUT2D eigenvalue weighted by molar-refractivity contribution is 0.127. The summed E-state index contributed by atoms with van der Waals surface area (Å²) in [5.74, 6) is 2.63. The highest BCUT2D eigenvalue weighted by atomic mass is 15.2. The summed E-state index contributed by atoms with van der Waals surface area (Å²) in [5, 5.41) is 3.80. The number of nitrogens with one attached hydrogen (secondary N) is 1. The standard InChI is InChI=1S/C15H31N3/c1-12(2)10-18-6-4-15(11-16,5-7-18)17-9-14-8-13(14)3/h12-14,17H,4-11,16H2,1-3H3. The third-order valence-electron chi connectivity index (χ3n) is 4.84. The van der Waals surface area contributed by atoms with E-state index < -0.39 is 0 Å². The van der Waals surface area contributed by atoms with Crippen molar-refractivity contribution in [2.45, 2.75) is 45.6 Å². The van der Waals surface area contributed by atoms with Gasteiger partial charge < -0.3 is 16.0 Å². The van der Waals surface area contributed by atoms with Gasteiger partial charge in [0.05, 0.1) is 0 Å². The van der Waals surface area contributed by atoms with Crippen molar-refractivity contribution in [1.29, 1.82) is 0 Å². The molecular formula is C15H31N3. The second-order valence-corrected chi connectivity index (χ2v) is 7.03. The number of piperidine rings is 1. The third-order valence-corrected chi connectivity index (χ3v) is 4.84. The molecule has 1 saturated heterocycles. The van der Waals surface area contributed by atoms with Gasteiger partial charge in [0.15, 0.2) is 0 Å². The number of hydrogen-bond acceptors (Lipinski definition) is 3. The highest BCUT2D eigenvalue weighted by Crippen LogP contribution is 2.37. The van der Waals surface area contributed by atoms with E-state index in [9.17, 15) is 0 Å². The summed E-state index contributed by atoms with van der Waals surface area (Å²) in [6, 6.07) is 0. The Morgan fingerprint density at radius 2 is 1.94 bits per heavy atom. The molecule has 106 valence electrons. The minimum Gasteiger partial charge on any atom is -0.329 e. The van der Waals surface area contributed by atoms with Crippen LogP contribution in [0.25, 0.3) is 0 Å². The molecule has 1 aliphatic heterocycles. The maximum atomic E-state index is 6.05. The summed E-state index contributed by atoms with van der Waals surface area (Å²) in [7, 11) is 0. The van der Waals surface area contributed by atoms with Crippen LogP contribution in [0.2, 0.25) is 0 Å². The van der Waals surface area contributed by atoms with Crippen LogP contribution in [0.4, 0.5) is 0 Å². The fourth-order valence-corrected chi connectivity index (χ4v) is 3.16. The Bertz CT molecular complexity index is 256. The van der Waals surface area contributed by atoms with E-state index in [1.54, 1.807) is 0 Å². The zero-order chi connectivity index (χ0) is 13.2. The van der Waals surface area contributed by atoms with Crippen molar-refractivity contribution in [3.63, 3.8) is 0 Å². The molecule has 0 spiro atoms. The van der Waals surface area contributed by atoms with E-state index in [0.29, 0.717) is 0 Å². The molecule has 0 radical (unpaired) electrons. The largest absolute Gasteiger partial charge is 0.329 e. The van der Waals surface area contributed by atoms with Gasteiger partial charge in [0.25, 0.3) is 0 Å². The molecule has 1 saturated carbocycles. The van der Waals surface area contributed by atoms with E-state index in [-0.39, 0.29) is 5.54 Å². The summed E-state index contributed by atoms with van der Waals surface area (Å²) in [6.07, 6.45) is 3.85. The van der Waals surface area contributed by atoms with Gasteiger partial charge in [-0.2, -0.15) is 0 Å².